The van der Waals surface area contributed by atoms with E-state index in [2.05, 4.69) is 0 Å². The number of phenolic OH excluding ortho intramolecular Hbond substituents is 1. The van der Waals surface area contributed by atoms with Crippen LogP contribution in [0.5, 0.6) is 5.75 Å². The molecule has 0 saturated carbocycles. The summed E-state index contributed by atoms with van der Waals surface area (Å²) in [7, 11) is -0.973. The van der Waals surface area contributed by atoms with Gasteiger partial charge in [0, 0.05) is 22.0 Å². The first-order valence-electron chi connectivity index (χ1n) is 4.23. The Labute approximate surface area is 84.6 Å². The average Bonchev–Trinajstić information content (AvgIpc) is 2.16. The average molecular weight is 206 g/mol. The molecule has 0 bridgehead atoms. The molecule has 0 fully saturated rings. The summed E-state index contributed by atoms with van der Waals surface area (Å²) in [5.74, 6) is 0.233. The van der Waals surface area contributed by atoms with Crippen LogP contribution in [0.3, 0.4) is 0 Å². The predicted molar refractivity (Wildman–Crippen MR) is 57.9 cm³/mol. The number of phenols is 1. The predicted octanol–water partition coefficient (Wildman–Crippen LogP) is 2.28. The van der Waals surface area contributed by atoms with Gasteiger partial charge in [-0.15, -0.1) is 0 Å². The largest absolute Gasteiger partial charge is 0.508 e. The lowest BCUT2D eigenvalue weighted by Gasteiger charge is -2.01. The number of hydrogen-bond donors (Lipinski definition) is 1. The molecule has 0 radical (unpaired) electrons. The normalized spacial score (nSPS) is 12.9. The highest BCUT2D eigenvalue weighted by atomic mass is 32.2. The van der Waals surface area contributed by atoms with Crippen molar-refractivity contribution < 1.29 is 9.32 Å². The fourth-order valence-corrected chi connectivity index (χ4v) is 1.94. The molecule has 1 N–H and O–H groups in total. The summed E-state index contributed by atoms with van der Waals surface area (Å²) in [5, 5.41) is 11.2. The fourth-order valence-electron chi connectivity index (χ4n) is 1.39. The summed E-state index contributed by atoms with van der Waals surface area (Å²) in [6.07, 6.45) is 1.64. The quantitative estimate of drug-likeness (QED) is 0.777. The molecule has 2 aromatic carbocycles. The van der Waals surface area contributed by atoms with E-state index in [9.17, 15) is 9.32 Å². The number of rotatable bonds is 1. The van der Waals surface area contributed by atoms with E-state index in [4.69, 9.17) is 0 Å². The van der Waals surface area contributed by atoms with Crippen LogP contribution in [0.15, 0.2) is 41.3 Å². The van der Waals surface area contributed by atoms with Crippen molar-refractivity contribution in [1.82, 2.24) is 0 Å². The van der Waals surface area contributed by atoms with Crippen LogP contribution in [0.2, 0.25) is 0 Å². The van der Waals surface area contributed by atoms with Gasteiger partial charge >= 0.3 is 0 Å². The summed E-state index contributed by atoms with van der Waals surface area (Å²) in [6, 6.07) is 10.7. The molecule has 2 aromatic rings. The van der Waals surface area contributed by atoms with Crippen molar-refractivity contribution in [3.63, 3.8) is 0 Å². The van der Waals surface area contributed by atoms with Gasteiger partial charge in [-0.25, -0.2) is 0 Å². The lowest BCUT2D eigenvalue weighted by molar-refractivity contribution is 0.476. The number of fused-ring (bicyclic) bond motifs is 1. The molecule has 0 heterocycles. The van der Waals surface area contributed by atoms with Crippen molar-refractivity contribution in [3.8, 4) is 5.75 Å². The lowest BCUT2D eigenvalue weighted by Crippen LogP contribution is -1.86. The van der Waals surface area contributed by atoms with Gasteiger partial charge in [0.05, 0.1) is 0 Å². The standard InChI is InChI=1S/C11H10O2S/c1-14(13)11-5-3-8-2-4-10(12)6-9(8)7-11/h2-7,12H,1H3. The molecule has 3 heteroatoms. The Morgan fingerprint density at radius 1 is 1.07 bits per heavy atom. The first-order chi connectivity index (χ1) is 6.66. The number of hydrogen-bond acceptors (Lipinski definition) is 2. The summed E-state index contributed by atoms with van der Waals surface area (Å²) < 4.78 is 11.2. The molecule has 2 rings (SSSR count). The maximum atomic E-state index is 11.2. The van der Waals surface area contributed by atoms with E-state index < -0.39 is 10.8 Å². The summed E-state index contributed by atoms with van der Waals surface area (Å²) >= 11 is 0. The van der Waals surface area contributed by atoms with Crippen molar-refractivity contribution in [2.75, 3.05) is 6.26 Å². The molecule has 72 valence electrons. The van der Waals surface area contributed by atoms with E-state index in [1.54, 1.807) is 18.4 Å². The van der Waals surface area contributed by atoms with E-state index >= 15 is 0 Å². The van der Waals surface area contributed by atoms with Gasteiger partial charge in [-0.1, -0.05) is 12.1 Å². The highest BCUT2D eigenvalue weighted by Crippen LogP contribution is 2.21. The van der Waals surface area contributed by atoms with Gasteiger partial charge in [0.1, 0.15) is 5.75 Å². The first-order valence-corrected chi connectivity index (χ1v) is 5.79. The van der Waals surface area contributed by atoms with Crippen LogP contribution in [0.1, 0.15) is 0 Å². The summed E-state index contributed by atoms with van der Waals surface area (Å²) in [4.78, 5) is 0.781. The third kappa shape index (κ3) is 1.63. The molecular formula is C11H10O2S. The minimum Gasteiger partial charge on any atom is -0.508 e. The van der Waals surface area contributed by atoms with Crippen LogP contribution in [-0.4, -0.2) is 15.6 Å². The zero-order valence-corrected chi connectivity index (χ0v) is 8.54. The second-order valence-electron chi connectivity index (χ2n) is 3.15. The van der Waals surface area contributed by atoms with Gasteiger partial charge < -0.3 is 5.11 Å². The second-order valence-corrected chi connectivity index (χ2v) is 4.53. The SMILES string of the molecule is CS(=O)c1ccc2ccc(O)cc2c1. The Morgan fingerprint density at radius 2 is 1.79 bits per heavy atom. The minimum atomic E-state index is -0.973. The van der Waals surface area contributed by atoms with Crippen LogP contribution >= 0.6 is 0 Å². The van der Waals surface area contributed by atoms with Crippen LogP contribution in [0.4, 0.5) is 0 Å². The van der Waals surface area contributed by atoms with Gasteiger partial charge in [-0.2, -0.15) is 0 Å². The monoisotopic (exact) mass is 206 g/mol. The van der Waals surface area contributed by atoms with E-state index in [0.717, 1.165) is 15.7 Å². The summed E-state index contributed by atoms with van der Waals surface area (Å²) in [5.41, 5.74) is 0. The van der Waals surface area contributed by atoms with E-state index in [0.29, 0.717) is 0 Å². The van der Waals surface area contributed by atoms with E-state index in [1.807, 2.05) is 24.3 Å². The number of benzene rings is 2. The molecule has 14 heavy (non-hydrogen) atoms. The van der Waals surface area contributed by atoms with E-state index in [1.165, 1.54) is 0 Å². The van der Waals surface area contributed by atoms with Crippen molar-refractivity contribution in [2.45, 2.75) is 4.90 Å². The summed E-state index contributed by atoms with van der Waals surface area (Å²) in [6.45, 7) is 0. The molecule has 1 unspecified atom stereocenters. The van der Waals surface area contributed by atoms with Gasteiger partial charge in [0.25, 0.3) is 0 Å². The van der Waals surface area contributed by atoms with Crippen LogP contribution in [-0.2, 0) is 10.8 Å². The smallest absolute Gasteiger partial charge is 0.116 e. The molecule has 0 aliphatic rings. The Hall–Kier alpha value is -1.35. The fraction of sp³-hybridized carbons (Fsp3) is 0.0909. The molecular weight excluding hydrogens is 196 g/mol. The second kappa shape index (κ2) is 3.42. The first kappa shape index (κ1) is 9.21. The molecule has 2 nitrogen and oxygen atoms in total. The molecule has 1 atom stereocenters. The minimum absolute atomic E-state index is 0.233. The Morgan fingerprint density at radius 3 is 2.50 bits per heavy atom. The Bertz CT molecular complexity index is 506. The van der Waals surface area contributed by atoms with Gasteiger partial charge in [-0.05, 0) is 35.0 Å². The third-order valence-corrected chi connectivity index (χ3v) is 3.05. The lowest BCUT2D eigenvalue weighted by atomic mass is 10.1. The molecule has 0 spiro atoms. The van der Waals surface area contributed by atoms with Crippen LogP contribution in [0.25, 0.3) is 10.8 Å². The highest BCUT2D eigenvalue weighted by molar-refractivity contribution is 7.84. The Balaban J connectivity index is 2.69. The molecule has 0 amide bonds. The van der Waals surface area contributed by atoms with Gasteiger partial charge in [0.2, 0.25) is 0 Å². The maximum Gasteiger partial charge on any atom is 0.116 e. The van der Waals surface area contributed by atoms with Crippen molar-refractivity contribution in [1.29, 1.82) is 0 Å². The van der Waals surface area contributed by atoms with E-state index in [-0.39, 0.29) is 5.75 Å². The van der Waals surface area contributed by atoms with Crippen molar-refractivity contribution >= 4 is 21.6 Å². The molecule has 0 saturated heterocycles. The zero-order chi connectivity index (χ0) is 10.1. The van der Waals surface area contributed by atoms with Crippen molar-refractivity contribution in [3.05, 3.63) is 36.4 Å². The van der Waals surface area contributed by atoms with Crippen molar-refractivity contribution in [2.24, 2.45) is 0 Å². The molecule has 0 aliphatic carbocycles. The topological polar surface area (TPSA) is 37.3 Å². The third-order valence-electron chi connectivity index (χ3n) is 2.13. The van der Waals surface area contributed by atoms with Gasteiger partial charge in [-0.3, -0.25) is 4.21 Å². The van der Waals surface area contributed by atoms with Crippen LogP contribution < -0.4 is 0 Å². The maximum absolute atomic E-state index is 11.2. The van der Waals surface area contributed by atoms with Gasteiger partial charge in [0.15, 0.2) is 0 Å². The Kier molecular flexibility index (Phi) is 2.25. The highest BCUT2D eigenvalue weighted by Gasteiger charge is 2.00. The molecule has 0 aliphatic heterocycles. The molecule has 0 aromatic heterocycles. The zero-order valence-electron chi connectivity index (χ0n) is 7.73. The number of aromatic hydroxyl groups is 1. The van der Waals surface area contributed by atoms with Crippen LogP contribution in [0, 0.1) is 0 Å².